The fourth-order valence-electron chi connectivity index (χ4n) is 1.95. The highest BCUT2D eigenvalue weighted by atomic mass is 35.5. The molecule has 0 aromatic heterocycles. The van der Waals surface area contributed by atoms with Crippen molar-refractivity contribution >= 4 is 58.3 Å². The molecule has 1 fully saturated rings. The predicted molar refractivity (Wildman–Crippen MR) is 103 cm³/mol. The molecule has 1 aliphatic heterocycles. The Morgan fingerprint density at radius 2 is 1.80 bits per heavy atom. The number of amides is 1. The van der Waals surface area contributed by atoms with Gasteiger partial charge in [0.2, 0.25) is 0 Å². The minimum absolute atomic E-state index is 0.0384. The summed E-state index contributed by atoms with van der Waals surface area (Å²) in [6.45, 7) is 0. The number of carbonyl (C=O) groups is 1. The van der Waals surface area contributed by atoms with Gasteiger partial charge >= 0.3 is 0 Å². The molecule has 0 aliphatic carbocycles. The Morgan fingerprint density at radius 1 is 1.08 bits per heavy atom. The van der Waals surface area contributed by atoms with E-state index in [-0.39, 0.29) is 11.7 Å². The van der Waals surface area contributed by atoms with Gasteiger partial charge < -0.3 is 5.11 Å². The highest BCUT2D eigenvalue weighted by Gasteiger charge is 2.24. The largest absolute Gasteiger partial charge is 0.507 e. The maximum atomic E-state index is 12.0. The lowest BCUT2D eigenvalue weighted by molar-refractivity contribution is -0.115. The predicted octanol–water partition coefficient (Wildman–Crippen LogP) is 4.29. The monoisotopic (exact) mass is 391 g/mol. The molecule has 3 rings (SSSR count). The Bertz CT molecular complexity index is 909. The van der Waals surface area contributed by atoms with E-state index in [1.807, 2.05) is 0 Å². The summed E-state index contributed by atoms with van der Waals surface area (Å²) in [5.74, 6) is -0.277. The van der Waals surface area contributed by atoms with Crippen molar-refractivity contribution < 1.29 is 9.90 Å². The van der Waals surface area contributed by atoms with E-state index in [0.29, 0.717) is 25.7 Å². The van der Waals surface area contributed by atoms with E-state index in [4.69, 9.17) is 23.2 Å². The molecule has 0 spiro atoms. The van der Waals surface area contributed by atoms with Crippen LogP contribution in [0.2, 0.25) is 10.0 Å². The molecular weight excluding hydrogens is 381 g/mol. The third-order valence-electron chi connectivity index (χ3n) is 3.15. The van der Waals surface area contributed by atoms with Gasteiger partial charge in [-0.05, 0) is 53.7 Å². The number of thioether (sulfide) groups is 1. The molecule has 1 amide bonds. The van der Waals surface area contributed by atoms with Gasteiger partial charge in [-0.3, -0.25) is 10.1 Å². The molecule has 126 valence electrons. The smallest absolute Gasteiger partial charge is 0.264 e. The second kappa shape index (κ2) is 7.74. The molecule has 2 aromatic carbocycles. The standard InChI is InChI=1S/C17H11Cl2N3O2S/c18-12-3-1-10(2-4-12)9-20-22-17-21-16(24)15(25-17)8-11-7-13(19)5-6-14(11)23/h1-9,23H,(H,21,22,24)/b15-8-,20-9+. The SMILES string of the molecule is O=C1N/C(=N\N=C\c2ccc(Cl)cc2)S/C1=C\c1cc(Cl)ccc1O. The summed E-state index contributed by atoms with van der Waals surface area (Å²) in [5.41, 5.74) is 1.29. The molecule has 0 saturated carbocycles. The summed E-state index contributed by atoms with van der Waals surface area (Å²) < 4.78 is 0. The molecule has 0 atom stereocenters. The number of hydrogen-bond donors (Lipinski definition) is 2. The molecule has 5 nitrogen and oxygen atoms in total. The van der Waals surface area contributed by atoms with Gasteiger partial charge in [-0.2, -0.15) is 5.10 Å². The normalized spacial score (nSPS) is 17.6. The van der Waals surface area contributed by atoms with Crippen molar-refractivity contribution in [2.24, 2.45) is 10.2 Å². The zero-order valence-corrected chi connectivity index (χ0v) is 14.9. The number of phenolic OH excluding ortho intramolecular Hbond substituents is 1. The van der Waals surface area contributed by atoms with Gasteiger partial charge in [0.15, 0.2) is 5.17 Å². The van der Waals surface area contributed by atoms with Gasteiger partial charge in [-0.25, -0.2) is 0 Å². The summed E-state index contributed by atoms with van der Waals surface area (Å²) in [6.07, 6.45) is 3.10. The van der Waals surface area contributed by atoms with Crippen molar-refractivity contribution in [2.45, 2.75) is 0 Å². The van der Waals surface area contributed by atoms with E-state index in [1.54, 1.807) is 48.7 Å². The molecular formula is C17H11Cl2N3O2S. The van der Waals surface area contributed by atoms with Crippen LogP contribution in [-0.2, 0) is 4.79 Å². The molecule has 25 heavy (non-hydrogen) atoms. The van der Waals surface area contributed by atoms with Crippen LogP contribution in [0.5, 0.6) is 5.75 Å². The maximum absolute atomic E-state index is 12.0. The molecule has 1 aliphatic rings. The number of benzene rings is 2. The van der Waals surface area contributed by atoms with E-state index in [9.17, 15) is 9.90 Å². The number of amidine groups is 1. The summed E-state index contributed by atoms with van der Waals surface area (Å²) in [7, 11) is 0. The Kier molecular flexibility index (Phi) is 5.43. The number of aromatic hydroxyl groups is 1. The molecule has 1 heterocycles. The number of carbonyl (C=O) groups excluding carboxylic acids is 1. The minimum Gasteiger partial charge on any atom is -0.507 e. The Labute approximate surface area is 158 Å². The molecule has 0 bridgehead atoms. The number of rotatable bonds is 3. The van der Waals surface area contributed by atoms with Gasteiger partial charge in [-0.1, -0.05) is 35.3 Å². The van der Waals surface area contributed by atoms with Crippen LogP contribution < -0.4 is 5.32 Å². The average molecular weight is 392 g/mol. The third kappa shape index (κ3) is 4.63. The lowest BCUT2D eigenvalue weighted by atomic mass is 10.2. The van der Waals surface area contributed by atoms with Gasteiger partial charge in [0.25, 0.3) is 5.91 Å². The lowest BCUT2D eigenvalue weighted by Crippen LogP contribution is -2.19. The minimum atomic E-state index is -0.315. The number of halogens is 2. The van der Waals surface area contributed by atoms with Crippen molar-refractivity contribution in [1.29, 1.82) is 0 Å². The first kappa shape index (κ1) is 17.5. The van der Waals surface area contributed by atoms with Crippen molar-refractivity contribution in [3.8, 4) is 5.75 Å². The quantitative estimate of drug-likeness (QED) is 0.465. The molecule has 0 radical (unpaired) electrons. The Hall–Kier alpha value is -2.28. The number of hydrogen-bond acceptors (Lipinski definition) is 5. The van der Waals surface area contributed by atoms with Crippen LogP contribution in [0, 0.1) is 0 Å². The first-order valence-electron chi connectivity index (χ1n) is 7.07. The molecule has 1 saturated heterocycles. The van der Waals surface area contributed by atoms with Crippen LogP contribution in [0.4, 0.5) is 0 Å². The Balaban J connectivity index is 1.74. The van der Waals surface area contributed by atoms with E-state index in [2.05, 4.69) is 15.5 Å². The third-order valence-corrected chi connectivity index (χ3v) is 4.54. The lowest BCUT2D eigenvalue weighted by Gasteiger charge is -2.00. The first-order valence-corrected chi connectivity index (χ1v) is 8.64. The molecule has 0 unspecified atom stereocenters. The number of nitrogens with one attached hydrogen (secondary N) is 1. The van der Waals surface area contributed by atoms with Crippen molar-refractivity contribution in [3.63, 3.8) is 0 Å². The van der Waals surface area contributed by atoms with E-state index in [0.717, 1.165) is 17.3 Å². The van der Waals surface area contributed by atoms with Crippen molar-refractivity contribution in [1.82, 2.24) is 5.32 Å². The summed E-state index contributed by atoms with van der Waals surface area (Å²) in [4.78, 5) is 12.4. The second-order valence-electron chi connectivity index (χ2n) is 4.97. The molecule has 2 aromatic rings. The topological polar surface area (TPSA) is 74.0 Å². The summed E-state index contributed by atoms with van der Waals surface area (Å²) in [5, 5.41) is 21.8. The zero-order valence-electron chi connectivity index (χ0n) is 12.6. The second-order valence-corrected chi connectivity index (χ2v) is 6.87. The van der Waals surface area contributed by atoms with Crippen LogP contribution >= 0.6 is 35.0 Å². The van der Waals surface area contributed by atoms with Gasteiger partial charge in [-0.15, -0.1) is 5.10 Å². The highest BCUT2D eigenvalue weighted by molar-refractivity contribution is 8.18. The van der Waals surface area contributed by atoms with Crippen LogP contribution in [-0.4, -0.2) is 22.4 Å². The molecule has 2 N–H and O–H groups in total. The Morgan fingerprint density at radius 3 is 2.56 bits per heavy atom. The summed E-state index contributed by atoms with van der Waals surface area (Å²) in [6, 6.07) is 11.7. The maximum Gasteiger partial charge on any atom is 0.264 e. The first-order chi connectivity index (χ1) is 12.0. The van der Waals surface area contributed by atoms with Gasteiger partial charge in [0.05, 0.1) is 11.1 Å². The van der Waals surface area contributed by atoms with Crippen molar-refractivity contribution in [2.75, 3.05) is 0 Å². The van der Waals surface area contributed by atoms with Crippen LogP contribution in [0.25, 0.3) is 6.08 Å². The van der Waals surface area contributed by atoms with E-state index >= 15 is 0 Å². The van der Waals surface area contributed by atoms with Crippen LogP contribution in [0.15, 0.2) is 57.6 Å². The fraction of sp³-hybridized carbons (Fsp3) is 0. The van der Waals surface area contributed by atoms with Gasteiger partial charge in [0.1, 0.15) is 5.75 Å². The fourth-order valence-corrected chi connectivity index (χ4v) is 3.03. The average Bonchev–Trinajstić information content (AvgIpc) is 2.92. The summed E-state index contributed by atoms with van der Waals surface area (Å²) >= 11 is 12.8. The van der Waals surface area contributed by atoms with Gasteiger partial charge in [0, 0.05) is 15.6 Å². The van der Waals surface area contributed by atoms with Crippen molar-refractivity contribution in [3.05, 3.63) is 68.5 Å². The van der Waals surface area contributed by atoms with Crippen LogP contribution in [0.1, 0.15) is 11.1 Å². The molecule has 8 heteroatoms. The number of phenols is 1. The van der Waals surface area contributed by atoms with Crippen LogP contribution in [0.3, 0.4) is 0 Å². The number of nitrogens with zero attached hydrogens (tertiary/aromatic N) is 2. The van der Waals surface area contributed by atoms with E-state index in [1.165, 1.54) is 6.07 Å². The zero-order chi connectivity index (χ0) is 17.8. The highest BCUT2D eigenvalue weighted by Crippen LogP contribution is 2.30. The van der Waals surface area contributed by atoms with E-state index < -0.39 is 0 Å².